The normalized spacial score (nSPS) is 16.6. The maximum Gasteiger partial charge on any atom is 0.414 e. The third kappa shape index (κ3) is 3.27. The maximum atomic E-state index is 12.8. The van der Waals surface area contributed by atoms with E-state index in [4.69, 9.17) is 4.74 Å². The Kier molecular flexibility index (Phi) is 4.88. The lowest BCUT2D eigenvalue weighted by atomic mass is 9.99. The van der Waals surface area contributed by atoms with Gasteiger partial charge < -0.3 is 14.8 Å². The number of carbonyl (C=O) groups excluding carboxylic acids is 1. The summed E-state index contributed by atoms with van der Waals surface area (Å²) in [6.07, 6.45) is 0.913. The van der Waals surface area contributed by atoms with Crippen LogP contribution in [0.1, 0.15) is 18.9 Å². The summed E-state index contributed by atoms with van der Waals surface area (Å²) in [5.41, 5.74) is 3.40. The van der Waals surface area contributed by atoms with Crippen LogP contribution in [0.25, 0.3) is 22.0 Å². The van der Waals surface area contributed by atoms with E-state index in [0.717, 1.165) is 29.5 Å². The number of fused-ring (bicyclic) bond motifs is 1. The number of benzene rings is 2. The van der Waals surface area contributed by atoms with Gasteiger partial charge in [-0.2, -0.15) is 0 Å². The number of hydrogen-bond acceptors (Lipinski definition) is 4. The van der Waals surface area contributed by atoms with Gasteiger partial charge >= 0.3 is 6.09 Å². The number of hydrogen-bond donors (Lipinski definition) is 2. The smallest absolute Gasteiger partial charge is 0.414 e. The van der Waals surface area contributed by atoms with Gasteiger partial charge in [-0.05, 0) is 35.6 Å². The second kappa shape index (κ2) is 7.48. The first-order valence-corrected chi connectivity index (χ1v) is 9.45. The van der Waals surface area contributed by atoms with Crippen molar-refractivity contribution in [2.45, 2.75) is 25.9 Å². The Hall–Kier alpha value is -3.12. The zero-order valence-corrected chi connectivity index (χ0v) is 15.6. The molecule has 0 saturated carbocycles. The number of H-pyrrole nitrogens is 1. The summed E-state index contributed by atoms with van der Waals surface area (Å²) in [4.78, 5) is 29.2. The highest BCUT2D eigenvalue weighted by Crippen LogP contribution is 2.28. The number of aliphatic hydroxyl groups is 1. The number of carbonyl (C=O) groups is 1. The molecule has 1 aliphatic heterocycles. The Morgan fingerprint density at radius 2 is 2.00 bits per heavy atom. The predicted octanol–water partition coefficient (Wildman–Crippen LogP) is 3.47. The molecule has 2 N–H and O–H groups in total. The Labute approximate surface area is 162 Å². The van der Waals surface area contributed by atoms with Crippen LogP contribution < -0.4 is 10.5 Å². The SMILES string of the molecule is CCCc1ccccc1-c1cc2ccc(N3C[C@H](CO)OC3=O)cc2c(=O)[nH]1. The minimum atomic E-state index is -0.543. The zero-order valence-electron chi connectivity index (χ0n) is 15.6. The van der Waals surface area contributed by atoms with Gasteiger partial charge in [0.05, 0.1) is 13.2 Å². The number of ether oxygens (including phenoxy) is 1. The summed E-state index contributed by atoms with van der Waals surface area (Å²) in [7, 11) is 0. The van der Waals surface area contributed by atoms with Crippen molar-refractivity contribution in [3.63, 3.8) is 0 Å². The summed E-state index contributed by atoms with van der Waals surface area (Å²) in [6, 6.07) is 15.4. The van der Waals surface area contributed by atoms with Gasteiger partial charge in [-0.25, -0.2) is 4.79 Å². The number of nitrogens with one attached hydrogen (secondary N) is 1. The van der Waals surface area contributed by atoms with Crippen LogP contribution in [-0.4, -0.2) is 35.4 Å². The highest BCUT2D eigenvalue weighted by molar-refractivity contribution is 5.94. The number of aromatic nitrogens is 1. The molecule has 6 nitrogen and oxygen atoms in total. The van der Waals surface area contributed by atoms with Crippen LogP contribution in [0.3, 0.4) is 0 Å². The number of aromatic amines is 1. The topological polar surface area (TPSA) is 82.6 Å². The Balaban J connectivity index is 1.76. The van der Waals surface area contributed by atoms with E-state index in [1.807, 2.05) is 30.3 Å². The minimum Gasteiger partial charge on any atom is -0.441 e. The molecule has 3 aromatic rings. The molecule has 1 aromatic heterocycles. The fourth-order valence-electron chi connectivity index (χ4n) is 3.66. The number of anilines is 1. The van der Waals surface area contributed by atoms with Gasteiger partial charge in [0.25, 0.3) is 5.56 Å². The molecule has 1 saturated heterocycles. The number of amides is 1. The van der Waals surface area contributed by atoms with Crippen LogP contribution in [0.5, 0.6) is 0 Å². The van der Waals surface area contributed by atoms with Crippen LogP contribution in [0.2, 0.25) is 0 Å². The molecule has 28 heavy (non-hydrogen) atoms. The number of pyridine rings is 1. The van der Waals surface area contributed by atoms with Crippen molar-refractivity contribution in [2.75, 3.05) is 18.1 Å². The quantitative estimate of drug-likeness (QED) is 0.712. The highest BCUT2D eigenvalue weighted by atomic mass is 16.6. The van der Waals surface area contributed by atoms with E-state index >= 15 is 0 Å². The summed E-state index contributed by atoms with van der Waals surface area (Å²) in [5, 5.41) is 10.5. The van der Waals surface area contributed by atoms with Crippen molar-refractivity contribution in [1.82, 2.24) is 4.98 Å². The fourth-order valence-corrected chi connectivity index (χ4v) is 3.66. The number of cyclic esters (lactones) is 1. The van der Waals surface area contributed by atoms with Crippen LogP contribution in [0, 0.1) is 0 Å². The molecule has 4 rings (SSSR count). The lowest BCUT2D eigenvalue weighted by Crippen LogP contribution is -2.25. The number of rotatable bonds is 5. The summed E-state index contributed by atoms with van der Waals surface area (Å²) < 4.78 is 5.08. The summed E-state index contributed by atoms with van der Waals surface area (Å²) in [5.74, 6) is 0. The van der Waals surface area contributed by atoms with Crippen molar-refractivity contribution < 1.29 is 14.6 Å². The van der Waals surface area contributed by atoms with Crippen LogP contribution in [0.15, 0.2) is 53.3 Å². The molecule has 0 bridgehead atoms. The first-order valence-electron chi connectivity index (χ1n) is 9.45. The Morgan fingerprint density at radius 1 is 1.18 bits per heavy atom. The average Bonchev–Trinajstić information content (AvgIpc) is 3.09. The molecule has 0 aliphatic carbocycles. The van der Waals surface area contributed by atoms with Gasteiger partial charge in [-0.1, -0.05) is 43.7 Å². The molecule has 2 heterocycles. The molecular formula is C22H22N2O4. The molecule has 1 atom stereocenters. The summed E-state index contributed by atoms with van der Waals surface area (Å²) in [6.45, 7) is 2.17. The standard InChI is InChI=1S/C22H22N2O4/c1-2-5-14-6-3-4-7-18(14)20-10-15-8-9-16(11-19(15)21(26)23-20)24-12-17(13-25)28-22(24)27/h3-4,6-11,17,25H,2,5,12-13H2,1H3,(H,23,26)/t17-/m1/s1. The van der Waals surface area contributed by atoms with Crippen LogP contribution in [0.4, 0.5) is 10.5 Å². The molecule has 0 spiro atoms. The van der Waals surface area contributed by atoms with Crippen LogP contribution >= 0.6 is 0 Å². The van der Waals surface area contributed by atoms with Gasteiger partial charge in [0.1, 0.15) is 6.10 Å². The second-order valence-electron chi connectivity index (χ2n) is 6.99. The van der Waals surface area contributed by atoms with Crippen molar-refractivity contribution in [3.8, 4) is 11.3 Å². The van der Waals surface area contributed by atoms with E-state index in [1.165, 1.54) is 10.5 Å². The first-order chi connectivity index (χ1) is 13.6. The second-order valence-corrected chi connectivity index (χ2v) is 6.99. The molecular weight excluding hydrogens is 356 g/mol. The van der Waals surface area contributed by atoms with E-state index in [-0.39, 0.29) is 18.7 Å². The highest BCUT2D eigenvalue weighted by Gasteiger charge is 2.31. The maximum absolute atomic E-state index is 12.8. The number of aryl methyl sites for hydroxylation is 1. The third-order valence-corrected chi connectivity index (χ3v) is 5.05. The van der Waals surface area contributed by atoms with Gasteiger partial charge in [0.15, 0.2) is 0 Å². The molecule has 2 aromatic carbocycles. The van der Waals surface area contributed by atoms with Crippen LogP contribution in [-0.2, 0) is 11.2 Å². The van der Waals surface area contributed by atoms with Gasteiger partial charge in [-0.3, -0.25) is 9.69 Å². The average molecular weight is 378 g/mol. The zero-order chi connectivity index (χ0) is 19.7. The van der Waals surface area contributed by atoms with Crippen molar-refractivity contribution in [3.05, 3.63) is 64.4 Å². The number of aliphatic hydroxyl groups excluding tert-OH is 1. The molecule has 1 amide bonds. The van der Waals surface area contributed by atoms with Gasteiger partial charge in [-0.15, -0.1) is 0 Å². The molecule has 1 aliphatic rings. The lowest BCUT2D eigenvalue weighted by molar-refractivity contribution is 0.0963. The van der Waals surface area contributed by atoms with Gasteiger partial charge in [0.2, 0.25) is 0 Å². The Morgan fingerprint density at radius 3 is 2.75 bits per heavy atom. The molecule has 6 heteroatoms. The summed E-state index contributed by atoms with van der Waals surface area (Å²) >= 11 is 0. The minimum absolute atomic E-state index is 0.202. The van der Waals surface area contributed by atoms with Crippen molar-refractivity contribution >= 4 is 22.6 Å². The van der Waals surface area contributed by atoms with E-state index < -0.39 is 12.2 Å². The molecule has 144 valence electrons. The lowest BCUT2D eigenvalue weighted by Gasteiger charge is -2.14. The van der Waals surface area contributed by atoms with E-state index in [9.17, 15) is 14.7 Å². The monoisotopic (exact) mass is 378 g/mol. The fraction of sp³-hybridized carbons (Fsp3) is 0.273. The largest absolute Gasteiger partial charge is 0.441 e. The molecule has 0 radical (unpaired) electrons. The number of nitrogens with zero attached hydrogens (tertiary/aromatic N) is 1. The first kappa shape index (κ1) is 18.3. The van der Waals surface area contributed by atoms with Gasteiger partial charge in [0, 0.05) is 22.3 Å². The molecule has 1 fully saturated rings. The molecule has 0 unspecified atom stereocenters. The van der Waals surface area contributed by atoms with E-state index in [2.05, 4.69) is 18.0 Å². The van der Waals surface area contributed by atoms with Crippen molar-refractivity contribution in [1.29, 1.82) is 0 Å². The predicted molar refractivity (Wildman–Crippen MR) is 109 cm³/mol. The van der Waals surface area contributed by atoms with Crippen molar-refractivity contribution in [2.24, 2.45) is 0 Å². The third-order valence-electron chi connectivity index (χ3n) is 5.05. The van der Waals surface area contributed by atoms with E-state index in [0.29, 0.717) is 11.1 Å². The van der Waals surface area contributed by atoms with E-state index in [1.54, 1.807) is 12.1 Å². The Bertz CT molecular complexity index is 1090.